The average Bonchev–Trinajstić information content (AvgIpc) is 2.45. The standard InChI is InChI=1S/C15H17ClN2S/c1-2-8-17-15-10-14(7-9-18-15)19-11-12-3-5-13(16)6-4-12/h3-7,9-10H,2,8,11H2,1H3,(H,17,18). The minimum atomic E-state index is 0.781. The molecule has 0 saturated heterocycles. The highest BCUT2D eigenvalue weighted by Crippen LogP contribution is 2.24. The third-order valence-corrected chi connectivity index (χ3v) is 3.92. The van der Waals surface area contributed by atoms with Crippen molar-refractivity contribution >= 4 is 29.2 Å². The molecule has 0 aliphatic carbocycles. The molecule has 0 bridgehead atoms. The fourth-order valence-corrected chi connectivity index (χ4v) is 2.60. The number of anilines is 1. The van der Waals surface area contributed by atoms with E-state index in [9.17, 15) is 0 Å². The Labute approximate surface area is 123 Å². The van der Waals surface area contributed by atoms with Crippen LogP contribution in [0.2, 0.25) is 5.02 Å². The van der Waals surface area contributed by atoms with Gasteiger partial charge in [0.2, 0.25) is 0 Å². The maximum absolute atomic E-state index is 5.87. The monoisotopic (exact) mass is 292 g/mol. The summed E-state index contributed by atoms with van der Waals surface area (Å²) in [6.07, 6.45) is 2.95. The van der Waals surface area contributed by atoms with Crippen molar-refractivity contribution in [3.8, 4) is 0 Å². The van der Waals surface area contributed by atoms with Crippen LogP contribution >= 0.6 is 23.4 Å². The van der Waals surface area contributed by atoms with Crippen LogP contribution < -0.4 is 5.32 Å². The molecule has 1 aromatic heterocycles. The van der Waals surface area contributed by atoms with Crippen molar-refractivity contribution < 1.29 is 0 Å². The number of halogens is 1. The molecule has 0 unspecified atom stereocenters. The van der Waals surface area contributed by atoms with Gasteiger partial charge in [-0.25, -0.2) is 4.98 Å². The molecule has 0 spiro atoms. The first-order valence-corrected chi connectivity index (χ1v) is 7.71. The predicted octanol–water partition coefficient (Wildman–Crippen LogP) is 4.85. The number of benzene rings is 1. The first-order valence-electron chi connectivity index (χ1n) is 6.35. The Morgan fingerprint density at radius 2 is 2.00 bits per heavy atom. The smallest absolute Gasteiger partial charge is 0.126 e. The third kappa shape index (κ3) is 4.77. The van der Waals surface area contributed by atoms with Crippen molar-refractivity contribution in [2.24, 2.45) is 0 Å². The van der Waals surface area contributed by atoms with Crippen LogP contribution in [-0.4, -0.2) is 11.5 Å². The highest BCUT2D eigenvalue weighted by Gasteiger charge is 1.99. The van der Waals surface area contributed by atoms with E-state index in [4.69, 9.17) is 11.6 Å². The molecule has 0 amide bonds. The van der Waals surface area contributed by atoms with Gasteiger partial charge in [0.1, 0.15) is 5.82 Å². The SMILES string of the molecule is CCCNc1cc(SCc2ccc(Cl)cc2)ccn1. The van der Waals surface area contributed by atoms with Crippen molar-refractivity contribution in [3.63, 3.8) is 0 Å². The maximum Gasteiger partial charge on any atom is 0.126 e. The van der Waals surface area contributed by atoms with E-state index < -0.39 is 0 Å². The lowest BCUT2D eigenvalue weighted by Crippen LogP contribution is -2.01. The second-order valence-corrected chi connectivity index (χ2v) is 5.70. The predicted molar refractivity (Wildman–Crippen MR) is 84.0 cm³/mol. The van der Waals surface area contributed by atoms with Crippen molar-refractivity contribution in [1.29, 1.82) is 0 Å². The molecule has 1 heterocycles. The zero-order chi connectivity index (χ0) is 13.5. The Morgan fingerprint density at radius 1 is 1.21 bits per heavy atom. The van der Waals surface area contributed by atoms with E-state index in [1.807, 2.05) is 24.4 Å². The fraction of sp³-hybridized carbons (Fsp3) is 0.267. The first kappa shape index (κ1) is 14.2. The highest BCUT2D eigenvalue weighted by molar-refractivity contribution is 7.98. The van der Waals surface area contributed by atoms with Gasteiger partial charge in [-0.3, -0.25) is 0 Å². The van der Waals surface area contributed by atoms with Crippen LogP contribution in [0.1, 0.15) is 18.9 Å². The van der Waals surface area contributed by atoms with Gasteiger partial charge in [-0.2, -0.15) is 0 Å². The van der Waals surface area contributed by atoms with Gasteiger partial charge < -0.3 is 5.32 Å². The van der Waals surface area contributed by atoms with Crippen LogP contribution in [-0.2, 0) is 5.75 Å². The fourth-order valence-electron chi connectivity index (χ4n) is 1.60. The molecule has 19 heavy (non-hydrogen) atoms. The Kier molecular flexibility index (Phi) is 5.55. The molecule has 0 atom stereocenters. The van der Waals surface area contributed by atoms with Gasteiger partial charge in [0.25, 0.3) is 0 Å². The van der Waals surface area contributed by atoms with Crippen LogP contribution in [0, 0.1) is 0 Å². The maximum atomic E-state index is 5.87. The summed E-state index contributed by atoms with van der Waals surface area (Å²) in [5, 5.41) is 4.08. The summed E-state index contributed by atoms with van der Waals surface area (Å²) in [6.45, 7) is 3.10. The van der Waals surface area contributed by atoms with E-state index in [0.29, 0.717) is 0 Å². The van der Waals surface area contributed by atoms with Crippen LogP contribution in [0.4, 0.5) is 5.82 Å². The molecule has 0 aliphatic rings. The number of aromatic nitrogens is 1. The number of nitrogens with one attached hydrogen (secondary N) is 1. The molecule has 0 fully saturated rings. The third-order valence-electron chi connectivity index (χ3n) is 2.61. The van der Waals surface area contributed by atoms with Crippen molar-refractivity contribution in [3.05, 3.63) is 53.2 Å². The van der Waals surface area contributed by atoms with E-state index in [1.165, 1.54) is 10.5 Å². The van der Waals surface area contributed by atoms with Gasteiger partial charge in [0.15, 0.2) is 0 Å². The van der Waals surface area contributed by atoms with Crippen LogP contribution in [0.5, 0.6) is 0 Å². The lowest BCUT2D eigenvalue weighted by atomic mass is 10.2. The van der Waals surface area contributed by atoms with Gasteiger partial charge >= 0.3 is 0 Å². The minimum Gasteiger partial charge on any atom is -0.370 e. The van der Waals surface area contributed by atoms with E-state index in [-0.39, 0.29) is 0 Å². The Hall–Kier alpha value is -1.19. The number of hydrogen-bond donors (Lipinski definition) is 1. The number of thioether (sulfide) groups is 1. The van der Waals surface area contributed by atoms with Crippen LogP contribution in [0.3, 0.4) is 0 Å². The Balaban J connectivity index is 1.93. The number of nitrogens with zero attached hydrogens (tertiary/aromatic N) is 1. The summed E-state index contributed by atoms with van der Waals surface area (Å²) >= 11 is 7.68. The summed E-state index contributed by atoms with van der Waals surface area (Å²) in [6, 6.07) is 12.1. The van der Waals surface area contributed by atoms with Crippen molar-refractivity contribution in [2.75, 3.05) is 11.9 Å². The van der Waals surface area contributed by atoms with Gasteiger partial charge in [-0.1, -0.05) is 30.7 Å². The Morgan fingerprint density at radius 3 is 2.74 bits per heavy atom. The molecule has 2 aromatic rings. The summed E-state index contributed by atoms with van der Waals surface area (Å²) in [5.41, 5.74) is 1.27. The van der Waals surface area contributed by atoms with E-state index in [1.54, 1.807) is 11.8 Å². The van der Waals surface area contributed by atoms with E-state index >= 15 is 0 Å². The molecule has 0 radical (unpaired) electrons. The number of rotatable bonds is 6. The van der Waals surface area contributed by atoms with Crippen molar-refractivity contribution in [2.45, 2.75) is 24.0 Å². The van der Waals surface area contributed by atoms with E-state index in [2.05, 4.69) is 35.4 Å². The highest BCUT2D eigenvalue weighted by atomic mass is 35.5. The largest absolute Gasteiger partial charge is 0.370 e. The zero-order valence-electron chi connectivity index (χ0n) is 10.9. The molecule has 1 N–H and O–H groups in total. The summed E-state index contributed by atoms with van der Waals surface area (Å²) < 4.78 is 0. The molecular formula is C15H17ClN2S. The van der Waals surface area contributed by atoms with Gasteiger partial charge in [-0.05, 0) is 36.2 Å². The van der Waals surface area contributed by atoms with Crippen LogP contribution in [0.15, 0.2) is 47.5 Å². The normalized spacial score (nSPS) is 10.4. The Bertz CT molecular complexity index is 514. The van der Waals surface area contributed by atoms with Crippen LogP contribution in [0.25, 0.3) is 0 Å². The average molecular weight is 293 g/mol. The molecule has 2 nitrogen and oxygen atoms in total. The first-order chi connectivity index (χ1) is 9.28. The molecule has 1 aromatic carbocycles. The molecule has 100 valence electrons. The number of pyridine rings is 1. The quantitative estimate of drug-likeness (QED) is 0.771. The molecule has 4 heteroatoms. The minimum absolute atomic E-state index is 0.781. The lowest BCUT2D eigenvalue weighted by Gasteiger charge is -2.06. The molecule has 0 saturated carbocycles. The zero-order valence-corrected chi connectivity index (χ0v) is 12.5. The van der Waals surface area contributed by atoms with Gasteiger partial charge in [0, 0.05) is 28.4 Å². The topological polar surface area (TPSA) is 24.9 Å². The second kappa shape index (κ2) is 7.41. The summed E-state index contributed by atoms with van der Waals surface area (Å²) in [5.74, 6) is 1.89. The second-order valence-electron chi connectivity index (χ2n) is 4.22. The summed E-state index contributed by atoms with van der Waals surface area (Å²) in [4.78, 5) is 5.53. The van der Waals surface area contributed by atoms with Gasteiger partial charge in [0.05, 0.1) is 0 Å². The molecular weight excluding hydrogens is 276 g/mol. The van der Waals surface area contributed by atoms with E-state index in [0.717, 1.165) is 29.6 Å². The number of hydrogen-bond acceptors (Lipinski definition) is 3. The molecule has 0 aliphatic heterocycles. The summed E-state index contributed by atoms with van der Waals surface area (Å²) in [7, 11) is 0. The van der Waals surface area contributed by atoms with Crippen molar-refractivity contribution in [1.82, 2.24) is 4.98 Å². The van der Waals surface area contributed by atoms with Gasteiger partial charge in [-0.15, -0.1) is 11.8 Å². The lowest BCUT2D eigenvalue weighted by molar-refractivity contribution is 0.967. The molecule has 2 rings (SSSR count).